The highest BCUT2D eigenvalue weighted by Gasteiger charge is 2.02. The third-order valence-electron chi connectivity index (χ3n) is 2.71. The van der Waals surface area contributed by atoms with Crippen molar-refractivity contribution in [3.8, 4) is 0 Å². The summed E-state index contributed by atoms with van der Waals surface area (Å²) in [7, 11) is 1.72. The van der Waals surface area contributed by atoms with Gasteiger partial charge in [0, 0.05) is 19.2 Å². The molecule has 0 rings (SSSR count). The van der Waals surface area contributed by atoms with Gasteiger partial charge in [-0.05, 0) is 25.0 Å². The van der Waals surface area contributed by atoms with Gasteiger partial charge in [0.15, 0.2) is 0 Å². The minimum atomic E-state index is -0.507. The van der Waals surface area contributed by atoms with Crippen LogP contribution in [0, 0.1) is 0 Å². The Balaban J connectivity index is 4.89. The molecule has 0 aliphatic carbocycles. The Bertz CT molecular complexity index is 505. The van der Waals surface area contributed by atoms with E-state index in [-0.39, 0.29) is 12.5 Å². The van der Waals surface area contributed by atoms with Gasteiger partial charge in [0.05, 0.1) is 12.3 Å². The first kappa shape index (κ1) is 20.8. The van der Waals surface area contributed by atoms with E-state index in [1.807, 2.05) is 25.2 Å². The second kappa shape index (κ2) is 13.5. The fourth-order valence-electron chi connectivity index (χ4n) is 1.74. The van der Waals surface area contributed by atoms with Gasteiger partial charge in [-0.15, -0.1) is 0 Å². The maximum atomic E-state index is 12.3. The van der Waals surface area contributed by atoms with Crippen LogP contribution in [0.1, 0.15) is 26.7 Å². The number of nitrogens with one attached hydrogen (secondary N) is 2. The Morgan fingerprint density at radius 2 is 2.09 bits per heavy atom. The molecule has 0 fully saturated rings. The van der Waals surface area contributed by atoms with Gasteiger partial charge >= 0.3 is 0 Å². The molecule has 0 aliphatic rings. The van der Waals surface area contributed by atoms with Crippen molar-refractivity contribution in [1.29, 1.82) is 0 Å². The SMILES string of the molecule is CC/C=C(\C=C/CF)C(/C/C=C\C=C(/C)NC(=O)CN)=N/NC. The van der Waals surface area contributed by atoms with Crippen molar-refractivity contribution < 1.29 is 9.18 Å². The van der Waals surface area contributed by atoms with Crippen LogP contribution in [0.4, 0.5) is 4.39 Å². The molecule has 6 heteroatoms. The van der Waals surface area contributed by atoms with Crippen molar-refractivity contribution in [1.82, 2.24) is 10.7 Å². The summed E-state index contributed by atoms with van der Waals surface area (Å²) >= 11 is 0. The number of nitrogens with zero attached hydrogens (tertiary/aromatic N) is 1. The summed E-state index contributed by atoms with van der Waals surface area (Å²) in [4.78, 5) is 11.1. The van der Waals surface area contributed by atoms with E-state index in [1.165, 1.54) is 6.08 Å². The van der Waals surface area contributed by atoms with Crippen LogP contribution >= 0.6 is 0 Å². The zero-order valence-corrected chi connectivity index (χ0v) is 14.1. The smallest absolute Gasteiger partial charge is 0.237 e. The molecule has 0 spiro atoms. The third kappa shape index (κ3) is 10.2. The van der Waals surface area contributed by atoms with Gasteiger partial charge in [0.25, 0.3) is 0 Å². The molecule has 0 aromatic heterocycles. The molecule has 5 nitrogen and oxygen atoms in total. The summed E-state index contributed by atoms with van der Waals surface area (Å²) in [5.41, 5.74) is 10.4. The Kier molecular flexibility index (Phi) is 12.2. The number of alkyl halides is 1. The molecule has 0 saturated carbocycles. The molecule has 1 amide bonds. The highest BCUT2D eigenvalue weighted by Crippen LogP contribution is 2.07. The normalized spacial score (nSPS) is 13.9. The maximum Gasteiger partial charge on any atom is 0.237 e. The van der Waals surface area contributed by atoms with Gasteiger partial charge < -0.3 is 16.5 Å². The number of nitrogens with two attached hydrogens (primary N) is 1. The molecule has 23 heavy (non-hydrogen) atoms. The van der Waals surface area contributed by atoms with Gasteiger partial charge in [0.1, 0.15) is 6.67 Å². The van der Waals surface area contributed by atoms with Crippen molar-refractivity contribution in [2.45, 2.75) is 26.7 Å². The van der Waals surface area contributed by atoms with Gasteiger partial charge in [-0.1, -0.05) is 37.3 Å². The van der Waals surface area contributed by atoms with Crippen molar-refractivity contribution in [3.63, 3.8) is 0 Å². The Morgan fingerprint density at radius 3 is 2.65 bits per heavy atom. The predicted octanol–water partition coefficient (Wildman–Crippen LogP) is 2.35. The predicted molar refractivity (Wildman–Crippen MR) is 94.7 cm³/mol. The number of rotatable bonds is 10. The van der Waals surface area contributed by atoms with E-state index < -0.39 is 6.67 Å². The van der Waals surface area contributed by atoms with Gasteiger partial charge in [0.2, 0.25) is 5.91 Å². The zero-order chi connectivity index (χ0) is 17.5. The number of carbonyl (C=O) groups excluding carboxylic acids is 1. The second-order valence-corrected chi connectivity index (χ2v) is 4.64. The first-order valence-electron chi connectivity index (χ1n) is 7.58. The molecule has 0 aromatic rings. The van der Waals surface area contributed by atoms with E-state index in [0.717, 1.165) is 17.7 Å². The molecular formula is C17H27FN4O. The molecule has 0 aliphatic heterocycles. The molecule has 0 radical (unpaired) electrons. The van der Waals surface area contributed by atoms with Crippen molar-refractivity contribution >= 4 is 11.6 Å². The molecule has 0 heterocycles. The Morgan fingerprint density at radius 1 is 1.35 bits per heavy atom. The summed E-state index contributed by atoms with van der Waals surface area (Å²) < 4.78 is 12.3. The Hall–Kier alpha value is -2.21. The lowest BCUT2D eigenvalue weighted by Crippen LogP contribution is -2.28. The van der Waals surface area contributed by atoms with Crippen LogP contribution in [0.5, 0.6) is 0 Å². The first-order chi connectivity index (χ1) is 11.1. The fourth-order valence-corrected chi connectivity index (χ4v) is 1.74. The minimum absolute atomic E-state index is 0.0417. The summed E-state index contributed by atoms with van der Waals surface area (Å²) in [5.74, 6) is -0.228. The lowest BCUT2D eigenvalue weighted by Gasteiger charge is -2.05. The summed E-state index contributed by atoms with van der Waals surface area (Å²) in [6, 6.07) is 0. The molecule has 128 valence electrons. The van der Waals surface area contributed by atoms with Crippen LogP contribution in [0.15, 0.2) is 52.8 Å². The molecule has 0 saturated heterocycles. The number of hydrogen-bond acceptors (Lipinski definition) is 4. The number of hydrazone groups is 1. The third-order valence-corrected chi connectivity index (χ3v) is 2.71. The molecular weight excluding hydrogens is 295 g/mol. The average molecular weight is 322 g/mol. The number of carbonyl (C=O) groups is 1. The fraction of sp³-hybridized carbons (Fsp3) is 0.412. The van der Waals surface area contributed by atoms with Crippen molar-refractivity contribution in [3.05, 3.63) is 47.7 Å². The molecule has 0 bridgehead atoms. The van der Waals surface area contributed by atoms with Gasteiger partial charge in [-0.25, -0.2) is 4.39 Å². The second-order valence-electron chi connectivity index (χ2n) is 4.64. The van der Waals surface area contributed by atoms with Crippen LogP contribution in [-0.2, 0) is 4.79 Å². The quantitative estimate of drug-likeness (QED) is 0.328. The van der Waals surface area contributed by atoms with Crippen LogP contribution in [-0.4, -0.2) is 31.9 Å². The Labute approximate surface area is 137 Å². The molecule has 0 aromatic carbocycles. The van der Waals surface area contributed by atoms with E-state index in [4.69, 9.17) is 5.73 Å². The maximum absolute atomic E-state index is 12.3. The van der Waals surface area contributed by atoms with Crippen LogP contribution in [0.2, 0.25) is 0 Å². The average Bonchev–Trinajstić information content (AvgIpc) is 2.54. The molecule has 0 unspecified atom stereocenters. The summed E-state index contributed by atoms with van der Waals surface area (Å²) in [5, 5.41) is 6.89. The number of amides is 1. The van der Waals surface area contributed by atoms with E-state index in [2.05, 4.69) is 15.8 Å². The monoisotopic (exact) mass is 322 g/mol. The first-order valence-corrected chi connectivity index (χ1v) is 7.58. The van der Waals surface area contributed by atoms with Crippen LogP contribution in [0.25, 0.3) is 0 Å². The molecule has 4 N–H and O–H groups in total. The zero-order valence-electron chi connectivity index (χ0n) is 14.1. The van der Waals surface area contributed by atoms with Gasteiger partial charge in [-0.3, -0.25) is 4.79 Å². The van der Waals surface area contributed by atoms with Crippen molar-refractivity contribution in [2.75, 3.05) is 20.3 Å². The number of allylic oxidation sites excluding steroid dienone is 8. The number of halogens is 1. The highest BCUT2D eigenvalue weighted by molar-refractivity contribution is 6.03. The van der Waals surface area contributed by atoms with Crippen molar-refractivity contribution in [2.24, 2.45) is 10.8 Å². The standard InChI is InChI=1S/C17H27FN4O/c1-4-8-15(10-7-12-18)16(22-20-3)11-6-5-9-14(2)21-17(23)13-19/h5-10,20H,4,11-13,19H2,1-3H3,(H,21,23)/b6-5-,10-7-,14-9+,15-8+,22-16+. The number of hydrogen-bond donors (Lipinski definition) is 3. The minimum Gasteiger partial charge on any atom is -0.329 e. The topological polar surface area (TPSA) is 79.5 Å². The summed E-state index contributed by atoms with van der Waals surface area (Å²) in [6.07, 6.45) is 12.1. The lowest BCUT2D eigenvalue weighted by atomic mass is 10.1. The van der Waals surface area contributed by atoms with Crippen LogP contribution < -0.4 is 16.5 Å². The van der Waals surface area contributed by atoms with Crippen LogP contribution in [0.3, 0.4) is 0 Å². The van der Waals surface area contributed by atoms with E-state index in [1.54, 1.807) is 26.1 Å². The lowest BCUT2D eigenvalue weighted by molar-refractivity contribution is -0.119. The van der Waals surface area contributed by atoms with E-state index >= 15 is 0 Å². The van der Waals surface area contributed by atoms with Gasteiger partial charge in [-0.2, -0.15) is 5.10 Å². The van der Waals surface area contributed by atoms with E-state index in [9.17, 15) is 9.18 Å². The molecule has 0 atom stereocenters. The largest absolute Gasteiger partial charge is 0.329 e. The summed E-state index contributed by atoms with van der Waals surface area (Å²) in [6.45, 7) is 3.25. The van der Waals surface area contributed by atoms with E-state index in [0.29, 0.717) is 12.1 Å². The highest BCUT2D eigenvalue weighted by atomic mass is 19.1.